The van der Waals surface area contributed by atoms with Crippen LogP contribution in [-0.2, 0) is 6.54 Å². The van der Waals surface area contributed by atoms with E-state index < -0.39 is 4.92 Å². The van der Waals surface area contributed by atoms with Gasteiger partial charge in [0.25, 0.3) is 11.6 Å². The lowest BCUT2D eigenvalue weighted by molar-refractivity contribution is -0.385. The van der Waals surface area contributed by atoms with Gasteiger partial charge in [0, 0.05) is 28.6 Å². The molecule has 0 spiro atoms. The molecule has 1 aromatic heterocycles. The Morgan fingerprint density at radius 2 is 2.09 bits per heavy atom. The van der Waals surface area contributed by atoms with Crippen LogP contribution in [0.25, 0.3) is 0 Å². The minimum Gasteiger partial charge on any atom is -0.334 e. The van der Waals surface area contributed by atoms with Crippen LogP contribution in [0.15, 0.2) is 30.3 Å². The van der Waals surface area contributed by atoms with Crippen LogP contribution >= 0.6 is 22.9 Å². The molecule has 0 fully saturated rings. The largest absolute Gasteiger partial charge is 0.334 e. The number of aryl methyl sites for hydroxylation is 1. The molecule has 0 saturated heterocycles. The van der Waals surface area contributed by atoms with Gasteiger partial charge in [0.1, 0.15) is 0 Å². The minimum absolute atomic E-state index is 0.0182. The number of rotatable bonds is 5. The normalized spacial score (nSPS) is 10.5. The number of benzene rings is 1. The Labute approximate surface area is 137 Å². The van der Waals surface area contributed by atoms with Gasteiger partial charge in [-0.15, -0.1) is 11.3 Å². The maximum absolute atomic E-state index is 12.5. The summed E-state index contributed by atoms with van der Waals surface area (Å²) in [6, 6.07) is 8.13. The third kappa shape index (κ3) is 3.64. The molecular weight excluding hydrogens is 324 g/mol. The number of carbonyl (C=O) groups excluding carboxylic acids is 1. The Balaban J connectivity index is 2.21. The van der Waals surface area contributed by atoms with E-state index in [-0.39, 0.29) is 11.6 Å². The maximum atomic E-state index is 12.5. The molecule has 0 N–H and O–H groups in total. The zero-order valence-corrected chi connectivity index (χ0v) is 13.8. The molecule has 0 aliphatic rings. The van der Waals surface area contributed by atoms with E-state index in [0.29, 0.717) is 28.6 Å². The van der Waals surface area contributed by atoms with Gasteiger partial charge < -0.3 is 4.90 Å². The molecule has 2 aromatic rings. The first-order valence-corrected chi connectivity index (χ1v) is 7.90. The maximum Gasteiger partial charge on any atom is 0.272 e. The molecule has 0 atom stereocenters. The number of nitro benzene ring substituents is 1. The van der Waals surface area contributed by atoms with Crippen molar-refractivity contribution in [1.29, 1.82) is 0 Å². The van der Waals surface area contributed by atoms with Crippen molar-refractivity contribution >= 4 is 34.5 Å². The van der Waals surface area contributed by atoms with E-state index >= 15 is 0 Å². The van der Waals surface area contributed by atoms with E-state index in [4.69, 9.17) is 11.6 Å². The average Bonchev–Trinajstić information content (AvgIpc) is 2.88. The summed E-state index contributed by atoms with van der Waals surface area (Å²) in [6.07, 6.45) is 0. The van der Waals surface area contributed by atoms with Gasteiger partial charge in [-0.25, -0.2) is 0 Å². The van der Waals surface area contributed by atoms with E-state index in [0.717, 1.165) is 4.88 Å². The third-order valence-electron chi connectivity index (χ3n) is 3.28. The summed E-state index contributed by atoms with van der Waals surface area (Å²) in [4.78, 5) is 25.6. The van der Waals surface area contributed by atoms with Crippen molar-refractivity contribution < 1.29 is 9.72 Å². The molecule has 5 nitrogen and oxygen atoms in total. The average molecular weight is 339 g/mol. The highest BCUT2D eigenvalue weighted by Gasteiger charge is 2.18. The second kappa shape index (κ2) is 6.89. The van der Waals surface area contributed by atoms with E-state index in [1.165, 1.54) is 23.5 Å². The molecule has 1 heterocycles. The smallest absolute Gasteiger partial charge is 0.272 e. The third-order valence-corrected chi connectivity index (χ3v) is 4.50. The quantitative estimate of drug-likeness (QED) is 0.603. The van der Waals surface area contributed by atoms with Gasteiger partial charge >= 0.3 is 0 Å². The summed E-state index contributed by atoms with van der Waals surface area (Å²) in [7, 11) is 0. The molecule has 0 saturated carbocycles. The van der Waals surface area contributed by atoms with E-state index in [1.54, 1.807) is 24.0 Å². The Morgan fingerprint density at radius 3 is 2.59 bits per heavy atom. The van der Waals surface area contributed by atoms with Crippen LogP contribution in [0.3, 0.4) is 0 Å². The van der Waals surface area contributed by atoms with Crippen molar-refractivity contribution in [2.45, 2.75) is 20.4 Å². The van der Waals surface area contributed by atoms with Gasteiger partial charge in [0.15, 0.2) is 0 Å². The molecule has 0 unspecified atom stereocenters. The fourth-order valence-electron chi connectivity index (χ4n) is 2.13. The molecule has 2 rings (SSSR count). The Kier molecular flexibility index (Phi) is 5.15. The minimum atomic E-state index is -0.450. The first kappa shape index (κ1) is 16.5. The fraction of sp³-hybridized carbons (Fsp3) is 0.267. The van der Waals surface area contributed by atoms with Crippen molar-refractivity contribution in [2.24, 2.45) is 0 Å². The molecule has 22 heavy (non-hydrogen) atoms. The second-order valence-electron chi connectivity index (χ2n) is 4.78. The van der Waals surface area contributed by atoms with Gasteiger partial charge in [-0.05, 0) is 38.1 Å². The fourth-order valence-corrected chi connectivity index (χ4v) is 3.23. The standard InChI is InChI=1S/C15H15ClN2O3S/c1-3-17(9-12-5-7-14(16)22-12)15(19)11-4-6-13(18(20)21)10(2)8-11/h4-8H,3,9H2,1-2H3. The number of nitrogens with zero attached hydrogens (tertiary/aromatic N) is 2. The van der Waals surface area contributed by atoms with E-state index in [2.05, 4.69) is 0 Å². The lowest BCUT2D eigenvalue weighted by atomic mass is 10.1. The predicted octanol–water partition coefficient (Wildman–Crippen LogP) is 4.28. The molecule has 0 bridgehead atoms. The van der Waals surface area contributed by atoms with Crippen LogP contribution in [0.1, 0.15) is 27.7 Å². The van der Waals surface area contributed by atoms with Crippen LogP contribution in [-0.4, -0.2) is 22.3 Å². The number of amides is 1. The van der Waals surface area contributed by atoms with Crippen LogP contribution in [0, 0.1) is 17.0 Å². The van der Waals surface area contributed by atoms with Gasteiger partial charge in [-0.2, -0.15) is 0 Å². The molecule has 0 aliphatic carbocycles. The summed E-state index contributed by atoms with van der Waals surface area (Å²) in [6.45, 7) is 4.54. The van der Waals surface area contributed by atoms with Crippen molar-refractivity contribution in [3.63, 3.8) is 0 Å². The van der Waals surface area contributed by atoms with Crippen LogP contribution in [0.4, 0.5) is 5.69 Å². The molecule has 0 aliphatic heterocycles. The topological polar surface area (TPSA) is 63.5 Å². The lowest BCUT2D eigenvalue weighted by Gasteiger charge is -2.20. The first-order valence-electron chi connectivity index (χ1n) is 6.71. The SMILES string of the molecule is CCN(Cc1ccc(Cl)s1)C(=O)c1ccc([N+](=O)[O-])c(C)c1. The molecule has 1 amide bonds. The van der Waals surface area contributed by atoms with Crippen molar-refractivity contribution in [2.75, 3.05) is 6.54 Å². The van der Waals surface area contributed by atoms with Crippen LogP contribution in [0.5, 0.6) is 0 Å². The second-order valence-corrected chi connectivity index (χ2v) is 6.58. The molecule has 7 heteroatoms. The summed E-state index contributed by atoms with van der Waals surface area (Å²) >= 11 is 7.34. The highest BCUT2D eigenvalue weighted by molar-refractivity contribution is 7.16. The summed E-state index contributed by atoms with van der Waals surface area (Å²) < 4.78 is 0.685. The van der Waals surface area contributed by atoms with Crippen LogP contribution in [0.2, 0.25) is 4.34 Å². The highest BCUT2D eigenvalue weighted by Crippen LogP contribution is 2.24. The first-order chi connectivity index (χ1) is 10.4. The zero-order valence-electron chi connectivity index (χ0n) is 12.2. The molecule has 116 valence electrons. The number of nitro groups is 1. The number of thiophene rings is 1. The zero-order chi connectivity index (χ0) is 16.3. The lowest BCUT2D eigenvalue weighted by Crippen LogP contribution is -2.30. The number of carbonyl (C=O) groups is 1. The number of hydrogen-bond acceptors (Lipinski definition) is 4. The summed E-state index contributed by atoms with van der Waals surface area (Å²) in [5.74, 6) is -0.148. The number of halogens is 1. The molecular formula is C15H15ClN2O3S. The monoisotopic (exact) mass is 338 g/mol. The number of hydrogen-bond donors (Lipinski definition) is 0. The summed E-state index contributed by atoms with van der Waals surface area (Å²) in [5, 5.41) is 10.8. The molecule has 0 radical (unpaired) electrons. The Hall–Kier alpha value is -1.92. The molecule has 1 aromatic carbocycles. The Bertz CT molecular complexity index is 715. The van der Waals surface area contributed by atoms with Gasteiger partial charge in [-0.3, -0.25) is 14.9 Å². The van der Waals surface area contributed by atoms with Crippen LogP contribution < -0.4 is 0 Å². The van der Waals surface area contributed by atoms with Gasteiger partial charge in [-0.1, -0.05) is 11.6 Å². The van der Waals surface area contributed by atoms with Gasteiger partial charge in [0.2, 0.25) is 0 Å². The van der Waals surface area contributed by atoms with Gasteiger partial charge in [0.05, 0.1) is 15.8 Å². The van der Waals surface area contributed by atoms with E-state index in [1.807, 2.05) is 13.0 Å². The van der Waals surface area contributed by atoms with Crippen molar-refractivity contribution in [3.05, 3.63) is 60.8 Å². The predicted molar refractivity (Wildman–Crippen MR) is 87.6 cm³/mol. The highest BCUT2D eigenvalue weighted by atomic mass is 35.5. The Morgan fingerprint density at radius 1 is 1.36 bits per heavy atom. The van der Waals surface area contributed by atoms with E-state index in [9.17, 15) is 14.9 Å². The van der Waals surface area contributed by atoms with Crippen molar-refractivity contribution in [1.82, 2.24) is 4.90 Å². The summed E-state index contributed by atoms with van der Waals surface area (Å²) in [5.41, 5.74) is 0.948. The van der Waals surface area contributed by atoms with Crippen molar-refractivity contribution in [3.8, 4) is 0 Å².